The number of hydrogen-bond acceptors (Lipinski definition) is 6. The zero-order chi connectivity index (χ0) is 13.7. The van der Waals surface area contributed by atoms with Crippen molar-refractivity contribution in [1.29, 1.82) is 0 Å². The monoisotopic (exact) mass is 266 g/mol. The Morgan fingerprint density at radius 3 is 2.58 bits per heavy atom. The van der Waals surface area contributed by atoms with E-state index in [-0.39, 0.29) is 0 Å². The minimum atomic E-state index is 0.643. The molecule has 1 aromatic heterocycles. The molecule has 1 aliphatic rings. The van der Waals surface area contributed by atoms with Crippen molar-refractivity contribution in [3.63, 3.8) is 0 Å². The van der Waals surface area contributed by atoms with Gasteiger partial charge in [-0.2, -0.15) is 0 Å². The van der Waals surface area contributed by atoms with Gasteiger partial charge < -0.3 is 14.4 Å². The molecule has 0 bridgehead atoms. The lowest BCUT2D eigenvalue weighted by Gasteiger charge is -2.32. The van der Waals surface area contributed by atoms with Crippen LogP contribution in [0.2, 0.25) is 0 Å². The number of likely N-dealkylation sites (N-methyl/N-ethyl adjacent to an activating group) is 1. The number of ether oxygens (including phenoxy) is 2. The third kappa shape index (κ3) is 3.56. The quantitative estimate of drug-likeness (QED) is 0.830. The Bertz CT molecular complexity index is 406. The van der Waals surface area contributed by atoms with Gasteiger partial charge in [0.25, 0.3) is 0 Å². The van der Waals surface area contributed by atoms with Gasteiger partial charge in [0.15, 0.2) is 11.5 Å². The molecule has 0 radical (unpaired) electrons. The number of aromatic nitrogens is 1. The van der Waals surface area contributed by atoms with Gasteiger partial charge >= 0.3 is 0 Å². The molecule has 6 nitrogen and oxygen atoms in total. The Morgan fingerprint density at radius 2 is 1.95 bits per heavy atom. The smallest absolute Gasteiger partial charge is 0.183 e. The summed E-state index contributed by atoms with van der Waals surface area (Å²) in [5.41, 5.74) is 4.25. The molecule has 1 saturated heterocycles. The molecule has 2 heterocycles. The highest BCUT2D eigenvalue weighted by Crippen LogP contribution is 2.28. The average molecular weight is 266 g/mol. The minimum absolute atomic E-state index is 0.643. The molecule has 1 aliphatic heterocycles. The van der Waals surface area contributed by atoms with Gasteiger partial charge in [-0.1, -0.05) is 0 Å². The van der Waals surface area contributed by atoms with Crippen molar-refractivity contribution >= 4 is 0 Å². The molecule has 1 fully saturated rings. The minimum Gasteiger partial charge on any atom is -0.493 e. The van der Waals surface area contributed by atoms with Crippen LogP contribution < -0.4 is 14.9 Å². The van der Waals surface area contributed by atoms with Crippen molar-refractivity contribution in [3.05, 3.63) is 18.0 Å². The maximum absolute atomic E-state index is 5.37. The van der Waals surface area contributed by atoms with Crippen LogP contribution in [-0.2, 0) is 6.54 Å². The lowest BCUT2D eigenvalue weighted by Crippen LogP contribution is -2.50. The Morgan fingerprint density at radius 1 is 1.21 bits per heavy atom. The van der Waals surface area contributed by atoms with Crippen LogP contribution in [0.4, 0.5) is 0 Å². The summed E-state index contributed by atoms with van der Waals surface area (Å²) in [5, 5.41) is 2.22. The lowest BCUT2D eigenvalue weighted by atomic mass is 10.3. The second-order valence-electron chi connectivity index (χ2n) is 4.62. The Balaban J connectivity index is 1.95. The molecule has 0 saturated carbocycles. The van der Waals surface area contributed by atoms with Gasteiger partial charge in [0.05, 0.1) is 20.8 Å². The number of piperazine rings is 1. The van der Waals surface area contributed by atoms with Crippen molar-refractivity contribution in [2.45, 2.75) is 6.54 Å². The zero-order valence-corrected chi connectivity index (χ0v) is 11.8. The Hall–Kier alpha value is -1.37. The average Bonchev–Trinajstić information content (AvgIpc) is 2.46. The first-order valence-electron chi connectivity index (χ1n) is 6.47. The van der Waals surface area contributed by atoms with Crippen LogP contribution >= 0.6 is 0 Å². The predicted molar refractivity (Wildman–Crippen MR) is 73.3 cm³/mol. The maximum Gasteiger partial charge on any atom is 0.183 e. The molecule has 0 spiro atoms. The fourth-order valence-corrected chi connectivity index (χ4v) is 2.13. The summed E-state index contributed by atoms with van der Waals surface area (Å²) < 4.78 is 10.6. The molecule has 0 aliphatic carbocycles. The van der Waals surface area contributed by atoms with Crippen LogP contribution in [0.5, 0.6) is 11.5 Å². The summed E-state index contributed by atoms with van der Waals surface area (Å²) in [6, 6.07) is 1.80. The first kappa shape index (κ1) is 14.0. The van der Waals surface area contributed by atoms with E-state index >= 15 is 0 Å². The molecule has 0 aromatic carbocycles. The van der Waals surface area contributed by atoms with E-state index in [4.69, 9.17) is 9.47 Å². The van der Waals surface area contributed by atoms with Crippen LogP contribution in [0, 0.1) is 0 Å². The van der Waals surface area contributed by atoms with E-state index in [1.165, 1.54) is 0 Å². The molecule has 106 valence electrons. The Labute approximate surface area is 114 Å². The lowest BCUT2D eigenvalue weighted by molar-refractivity contribution is 0.101. The topological polar surface area (TPSA) is 49.9 Å². The number of hydrazine groups is 1. The number of pyridine rings is 1. The second kappa shape index (κ2) is 6.70. The molecule has 1 aromatic rings. The maximum atomic E-state index is 5.37. The third-order valence-corrected chi connectivity index (χ3v) is 3.34. The van der Waals surface area contributed by atoms with E-state index in [2.05, 4.69) is 27.4 Å². The largest absolute Gasteiger partial charge is 0.493 e. The van der Waals surface area contributed by atoms with Crippen LogP contribution in [0.25, 0.3) is 0 Å². The summed E-state index contributed by atoms with van der Waals surface area (Å²) in [4.78, 5) is 6.67. The van der Waals surface area contributed by atoms with Crippen molar-refractivity contribution in [2.24, 2.45) is 0 Å². The van der Waals surface area contributed by atoms with Gasteiger partial charge in [-0.3, -0.25) is 4.98 Å². The van der Waals surface area contributed by atoms with Crippen LogP contribution in [-0.4, -0.2) is 62.3 Å². The molecule has 1 N–H and O–H groups in total. The van der Waals surface area contributed by atoms with Gasteiger partial charge in [0.1, 0.15) is 5.69 Å². The van der Waals surface area contributed by atoms with Crippen molar-refractivity contribution in [3.8, 4) is 11.5 Å². The van der Waals surface area contributed by atoms with Gasteiger partial charge in [-0.05, 0) is 7.05 Å². The van der Waals surface area contributed by atoms with Crippen LogP contribution in [0.15, 0.2) is 12.3 Å². The standard InChI is InChI=1S/C13H22N4O2/c1-16-6-8-17(9-7-16)15-10-11-13(19-3)12(18-2)4-5-14-11/h4-5,15H,6-10H2,1-3H3. The number of nitrogens with one attached hydrogen (secondary N) is 1. The van der Waals surface area contributed by atoms with Crippen LogP contribution in [0.1, 0.15) is 5.69 Å². The summed E-state index contributed by atoms with van der Waals surface area (Å²) in [5.74, 6) is 1.42. The van der Waals surface area contributed by atoms with E-state index < -0.39 is 0 Å². The van der Waals surface area contributed by atoms with E-state index in [9.17, 15) is 0 Å². The van der Waals surface area contributed by atoms with Crippen LogP contribution in [0.3, 0.4) is 0 Å². The number of rotatable bonds is 5. The summed E-state index contributed by atoms with van der Waals surface area (Å²) in [7, 11) is 5.42. The molecule has 0 atom stereocenters. The van der Waals surface area contributed by atoms with E-state index in [1.807, 2.05) is 0 Å². The SMILES string of the molecule is COc1ccnc(CNN2CCN(C)CC2)c1OC. The number of hydrogen-bond donors (Lipinski definition) is 1. The van der Waals surface area contributed by atoms with Crippen molar-refractivity contribution in [1.82, 2.24) is 20.3 Å². The van der Waals surface area contributed by atoms with Crippen molar-refractivity contribution in [2.75, 3.05) is 47.4 Å². The molecular weight excluding hydrogens is 244 g/mol. The molecule has 0 amide bonds. The first-order valence-corrected chi connectivity index (χ1v) is 6.47. The molecule has 19 heavy (non-hydrogen) atoms. The zero-order valence-electron chi connectivity index (χ0n) is 11.8. The normalized spacial score (nSPS) is 17.4. The molecule has 2 rings (SSSR count). The predicted octanol–water partition coefficient (Wildman–Crippen LogP) is 0.351. The van der Waals surface area contributed by atoms with Gasteiger partial charge in [0, 0.05) is 38.4 Å². The van der Waals surface area contributed by atoms with Gasteiger partial charge in [0.2, 0.25) is 0 Å². The summed E-state index contributed by atoms with van der Waals surface area (Å²) in [6.45, 7) is 4.83. The highest BCUT2D eigenvalue weighted by atomic mass is 16.5. The van der Waals surface area contributed by atoms with E-state index in [1.54, 1.807) is 26.5 Å². The van der Waals surface area contributed by atoms with Gasteiger partial charge in [-0.25, -0.2) is 10.4 Å². The molecular formula is C13H22N4O2. The highest BCUT2D eigenvalue weighted by molar-refractivity contribution is 5.42. The fraction of sp³-hybridized carbons (Fsp3) is 0.615. The van der Waals surface area contributed by atoms with Crippen molar-refractivity contribution < 1.29 is 9.47 Å². The number of methoxy groups -OCH3 is 2. The third-order valence-electron chi connectivity index (χ3n) is 3.34. The van der Waals surface area contributed by atoms with E-state index in [0.717, 1.165) is 31.9 Å². The number of nitrogens with zero attached hydrogens (tertiary/aromatic N) is 3. The first-order chi connectivity index (χ1) is 9.24. The molecule has 6 heteroatoms. The van der Waals surface area contributed by atoms with Gasteiger partial charge in [-0.15, -0.1) is 0 Å². The Kier molecular flexibility index (Phi) is 4.95. The fourth-order valence-electron chi connectivity index (χ4n) is 2.13. The highest BCUT2D eigenvalue weighted by Gasteiger charge is 2.15. The van der Waals surface area contributed by atoms with E-state index in [0.29, 0.717) is 18.0 Å². The summed E-state index contributed by atoms with van der Waals surface area (Å²) in [6.07, 6.45) is 1.74. The molecule has 0 unspecified atom stereocenters. The second-order valence-corrected chi connectivity index (χ2v) is 4.62. The summed E-state index contributed by atoms with van der Waals surface area (Å²) >= 11 is 0.